The van der Waals surface area contributed by atoms with Gasteiger partial charge in [-0.25, -0.2) is 13.4 Å². The Hall–Kier alpha value is -0.700. The van der Waals surface area contributed by atoms with Gasteiger partial charge in [-0.1, -0.05) is 0 Å². The normalized spacial score (nSPS) is 20.1. The fourth-order valence-corrected chi connectivity index (χ4v) is 4.53. The third-order valence-electron chi connectivity index (χ3n) is 3.64. The van der Waals surface area contributed by atoms with Crippen LogP contribution in [0.15, 0.2) is 21.6 Å². The minimum Gasteiger partial charge on any atom is -0.369 e. The summed E-state index contributed by atoms with van der Waals surface area (Å²) in [6.45, 7) is 3.60. The summed E-state index contributed by atoms with van der Waals surface area (Å²) in [4.78, 5) is 6.49. The molecule has 1 aromatic rings. The van der Waals surface area contributed by atoms with Gasteiger partial charge in [-0.15, -0.1) is 0 Å². The van der Waals surface area contributed by atoms with E-state index < -0.39 is 10.0 Å². The van der Waals surface area contributed by atoms with Gasteiger partial charge in [0.05, 0.1) is 0 Å². The van der Waals surface area contributed by atoms with E-state index in [-0.39, 0.29) is 10.9 Å². The zero-order chi connectivity index (χ0) is 15.6. The van der Waals surface area contributed by atoms with E-state index in [9.17, 15) is 8.42 Å². The van der Waals surface area contributed by atoms with Crippen LogP contribution < -0.4 is 5.32 Å². The lowest BCUT2D eigenvalue weighted by atomic mass is 10.2. The van der Waals surface area contributed by atoms with E-state index in [0.29, 0.717) is 29.9 Å². The molecule has 1 aliphatic rings. The zero-order valence-electron chi connectivity index (χ0n) is 12.5. The Bertz CT molecular complexity index is 606. The van der Waals surface area contributed by atoms with Crippen LogP contribution >= 0.6 is 15.9 Å². The van der Waals surface area contributed by atoms with Gasteiger partial charge in [0.25, 0.3) is 0 Å². The second-order valence-corrected chi connectivity index (χ2v) is 8.12. The van der Waals surface area contributed by atoms with E-state index in [1.54, 1.807) is 16.6 Å². The van der Waals surface area contributed by atoms with Crippen LogP contribution in [-0.4, -0.2) is 62.4 Å². The average molecular weight is 377 g/mol. The molecule has 1 saturated heterocycles. The number of pyridine rings is 1. The number of nitrogens with zero attached hydrogens (tertiary/aromatic N) is 3. The maximum atomic E-state index is 12.9. The topological polar surface area (TPSA) is 65.5 Å². The van der Waals surface area contributed by atoms with Crippen LogP contribution in [0.3, 0.4) is 0 Å². The quantitative estimate of drug-likeness (QED) is 0.845. The van der Waals surface area contributed by atoms with Gasteiger partial charge in [-0.3, -0.25) is 0 Å². The Morgan fingerprint density at radius 2 is 2.24 bits per heavy atom. The van der Waals surface area contributed by atoms with E-state index in [1.165, 1.54) is 0 Å². The molecule has 1 aromatic heterocycles. The highest BCUT2D eigenvalue weighted by Crippen LogP contribution is 2.28. The number of hydrogen-bond acceptors (Lipinski definition) is 5. The molecule has 1 atom stereocenters. The standard InChI is InChI=1S/C13H21BrN4O2S/c1-4-15-13-12(7-10(14)8-16-13)21(19,20)18-6-5-11(9-18)17(2)3/h7-8,11H,4-6,9H2,1-3H3,(H,15,16). The molecule has 1 N–H and O–H groups in total. The third kappa shape index (κ3) is 3.56. The number of anilines is 1. The molecule has 118 valence electrons. The number of nitrogens with one attached hydrogen (secondary N) is 1. The SMILES string of the molecule is CCNc1ncc(Br)cc1S(=O)(=O)N1CCC(N(C)C)C1. The predicted octanol–water partition coefficient (Wildman–Crippen LogP) is 1.60. The molecular weight excluding hydrogens is 356 g/mol. The van der Waals surface area contributed by atoms with Gasteiger partial charge in [0, 0.05) is 36.3 Å². The van der Waals surface area contributed by atoms with Crippen molar-refractivity contribution in [1.82, 2.24) is 14.2 Å². The lowest BCUT2D eigenvalue weighted by molar-refractivity contribution is 0.302. The summed E-state index contributed by atoms with van der Waals surface area (Å²) in [5.74, 6) is 0.411. The fourth-order valence-electron chi connectivity index (χ4n) is 2.41. The van der Waals surface area contributed by atoms with Crippen LogP contribution in [0, 0.1) is 0 Å². The van der Waals surface area contributed by atoms with E-state index in [2.05, 4.69) is 31.1 Å². The molecule has 1 aliphatic heterocycles. The monoisotopic (exact) mass is 376 g/mol. The van der Waals surface area contributed by atoms with Crippen LogP contribution in [0.1, 0.15) is 13.3 Å². The number of rotatable bonds is 5. The molecule has 0 saturated carbocycles. The first-order valence-corrected chi connectivity index (χ1v) is 9.15. The molecule has 0 radical (unpaired) electrons. The van der Waals surface area contributed by atoms with Crippen LogP contribution in [-0.2, 0) is 10.0 Å². The van der Waals surface area contributed by atoms with Crippen LogP contribution in [0.25, 0.3) is 0 Å². The summed E-state index contributed by atoms with van der Waals surface area (Å²) in [5, 5.41) is 3.02. The number of likely N-dealkylation sites (N-methyl/N-ethyl adjacent to an activating group) is 1. The highest BCUT2D eigenvalue weighted by molar-refractivity contribution is 9.10. The van der Waals surface area contributed by atoms with E-state index in [1.807, 2.05) is 21.0 Å². The Kier molecular flexibility index (Phi) is 5.24. The van der Waals surface area contributed by atoms with Crippen molar-refractivity contribution in [2.75, 3.05) is 39.0 Å². The minimum atomic E-state index is -3.53. The van der Waals surface area contributed by atoms with Crippen molar-refractivity contribution in [2.45, 2.75) is 24.3 Å². The van der Waals surface area contributed by atoms with Crippen molar-refractivity contribution < 1.29 is 8.42 Å². The summed E-state index contributed by atoms with van der Waals surface area (Å²) >= 11 is 3.30. The Morgan fingerprint density at radius 3 is 2.81 bits per heavy atom. The predicted molar refractivity (Wildman–Crippen MR) is 87.0 cm³/mol. The lowest BCUT2D eigenvalue weighted by Crippen LogP contribution is -2.34. The molecule has 0 spiro atoms. The first-order valence-electron chi connectivity index (χ1n) is 6.92. The van der Waals surface area contributed by atoms with Crippen molar-refractivity contribution in [3.05, 3.63) is 16.7 Å². The summed E-state index contributed by atoms with van der Waals surface area (Å²) in [7, 11) is 0.427. The smallest absolute Gasteiger partial charge is 0.246 e. The largest absolute Gasteiger partial charge is 0.369 e. The maximum absolute atomic E-state index is 12.9. The van der Waals surface area contributed by atoms with Gasteiger partial charge in [0.1, 0.15) is 10.7 Å². The van der Waals surface area contributed by atoms with Crippen molar-refractivity contribution in [3.63, 3.8) is 0 Å². The van der Waals surface area contributed by atoms with Crippen LogP contribution in [0.4, 0.5) is 5.82 Å². The van der Waals surface area contributed by atoms with Crippen molar-refractivity contribution in [1.29, 1.82) is 0 Å². The first-order chi connectivity index (χ1) is 9.86. The van der Waals surface area contributed by atoms with E-state index in [0.717, 1.165) is 6.42 Å². The molecule has 1 unspecified atom stereocenters. The van der Waals surface area contributed by atoms with Crippen molar-refractivity contribution >= 4 is 31.8 Å². The van der Waals surface area contributed by atoms with Gasteiger partial charge >= 0.3 is 0 Å². The summed E-state index contributed by atoms with van der Waals surface area (Å²) in [6.07, 6.45) is 2.45. The number of sulfonamides is 1. The Balaban J connectivity index is 2.34. The van der Waals surface area contributed by atoms with Gasteiger partial charge in [0.2, 0.25) is 10.0 Å². The molecule has 2 rings (SSSR count). The van der Waals surface area contributed by atoms with E-state index in [4.69, 9.17) is 0 Å². The highest BCUT2D eigenvalue weighted by atomic mass is 79.9. The molecule has 21 heavy (non-hydrogen) atoms. The zero-order valence-corrected chi connectivity index (χ0v) is 14.9. The number of hydrogen-bond donors (Lipinski definition) is 1. The van der Waals surface area contributed by atoms with Gasteiger partial charge < -0.3 is 10.2 Å². The number of aromatic nitrogens is 1. The molecule has 8 heteroatoms. The van der Waals surface area contributed by atoms with Gasteiger partial charge in [0.15, 0.2) is 0 Å². The molecule has 0 aliphatic carbocycles. The van der Waals surface area contributed by atoms with Gasteiger partial charge in [-0.05, 0) is 49.4 Å². The first kappa shape index (κ1) is 16.7. The second-order valence-electron chi connectivity index (χ2n) is 5.30. The third-order valence-corrected chi connectivity index (χ3v) is 5.95. The Labute approximate surface area is 134 Å². The van der Waals surface area contributed by atoms with E-state index >= 15 is 0 Å². The average Bonchev–Trinajstić information content (AvgIpc) is 2.91. The molecule has 6 nitrogen and oxygen atoms in total. The molecule has 2 heterocycles. The maximum Gasteiger partial charge on any atom is 0.246 e. The van der Waals surface area contributed by atoms with Crippen molar-refractivity contribution in [3.8, 4) is 0 Å². The van der Waals surface area contributed by atoms with Crippen molar-refractivity contribution in [2.24, 2.45) is 0 Å². The Morgan fingerprint density at radius 1 is 1.52 bits per heavy atom. The molecule has 0 aromatic carbocycles. The second kappa shape index (κ2) is 6.60. The molecule has 1 fully saturated rings. The number of halogens is 1. The van der Waals surface area contributed by atoms with Gasteiger partial charge in [-0.2, -0.15) is 4.31 Å². The molecular formula is C13H21BrN4O2S. The lowest BCUT2D eigenvalue weighted by Gasteiger charge is -2.21. The molecule has 0 bridgehead atoms. The summed E-state index contributed by atoms with van der Waals surface area (Å²) in [5.41, 5.74) is 0. The summed E-state index contributed by atoms with van der Waals surface area (Å²) in [6, 6.07) is 1.88. The summed E-state index contributed by atoms with van der Waals surface area (Å²) < 4.78 is 27.9. The van der Waals surface area contributed by atoms with Crippen LogP contribution in [0.5, 0.6) is 0 Å². The highest BCUT2D eigenvalue weighted by Gasteiger charge is 2.35. The van der Waals surface area contributed by atoms with Crippen LogP contribution in [0.2, 0.25) is 0 Å². The fraction of sp³-hybridized carbons (Fsp3) is 0.615. The molecule has 0 amide bonds. The minimum absolute atomic E-state index is 0.234.